The second-order valence-corrected chi connectivity index (χ2v) is 10.7. The molecule has 1 saturated heterocycles. The summed E-state index contributed by atoms with van der Waals surface area (Å²) in [6.45, 7) is 2.75. The van der Waals surface area contributed by atoms with Crippen LogP contribution in [0.2, 0.25) is 0 Å². The summed E-state index contributed by atoms with van der Waals surface area (Å²) in [5.41, 5.74) is 2.90. The van der Waals surface area contributed by atoms with Gasteiger partial charge in [-0.2, -0.15) is 4.31 Å². The summed E-state index contributed by atoms with van der Waals surface area (Å²) in [4.78, 5) is 24.4. The molecule has 164 valence electrons. The van der Waals surface area contributed by atoms with Crippen molar-refractivity contribution in [1.82, 2.24) is 14.3 Å². The molecular weight excluding hydrogens is 432 g/mol. The Labute approximate surface area is 186 Å². The quantitative estimate of drug-likeness (QED) is 0.564. The Morgan fingerprint density at radius 2 is 2.10 bits per heavy atom. The summed E-state index contributed by atoms with van der Waals surface area (Å²) in [7, 11) is -3.49. The first kappa shape index (κ1) is 21.9. The molecule has 2 aromatic heterocycles. The summed E-state index contributed by atoms with van der Waals surface area (Å²) in [6, 6.07) is 9.08. The number of carbonyl (C=O) groups excluding carboxylic acids is 1. The number of aromatic nitrogens is 2. The van der Waals surface area contributed by atoms with Crippen LogP contribution in [-0.4, -0.2) is 47.4 Å². The number of hydrogen-bond acceptors (Lipinski definition) is 6. The molecule has 0 radical (unpaired) electrons. The van der Waals surface area contributed by atoms with Gasteiger partial charge in [0.15, 0.2) is 5.13 Å². The van der Waals surface area contributed by atoms with Crippen LogP contribution in [0, 0.1) is 0 Å². The van der Waals surface area contributed by atoms with Gasteiger partial charge in [0.25, 0.3) is 0 Å². The number of para-hydroxylation sites is 1. The molecule has 31 heavy (non-hydrogen) atoms. The van der Waals surface area contributed by atoms with E-state index in [-0.39, 0.29) is 5.91 Å². The van der Waals surface area contributed by atoms with E-state index >= 15 is 0 Å². The number of thiazole rings is 1. The number of sulfonamides is 1. The summed E-state index contributed by atoms with van der Waals surface area (Å²) >= 11 is 1.46. The summed E-state index contributed by atoms with van der Waals surface area (Å²) in [5.74, 6) is -0.230. The zero-order valence-electron chi connectivity index (χ0n) is 17.7. The topological polar surface area (TPSA) is 83.5 Å². The molecule has 4 rings (SSSR count). The number of piperidine rings is 1. The number of anilines is 1. The first-order valence-corrected chi connectivity index (χ1v) is 13.1. The Kier molecular flexibility index (Phi) is 6.36. The lowest BCUT2D eigenvalue weighted by Crippen LogP contribution is -2.52. The molecule has 1 unspecified atom stereocenters. The lowest BCUT2D eigenvalue weighted by molar-refractivity contribution is -0.123. The van der Waals surface area contributed by atoms with Crippen molar-refractivity contribution in [1.29, 1.82) is 0 Å². The van der Waals surface area contributed by atoms with Gasteiger partial charge in [-0.25, -0.2) is 13.4 Å². The maximum Gasteiger partial charge on any atom is 0.247 e. The van der Waals surface area contributed by atoms with E-state index in [2.05, 4.69) is 11.9 Å². The summed E-state index contributed by atoms with van der Waals surface area (Å²) < 4.78 is 27.1. The fourth-order valence-corrected chi connectivity index (χ4v) is 6.17. The minimum absolute atomic E-state index is 0.230. The molecule has 7 nitrogen and oxygen atoms in total. The van der Waals surface area contributed by atoms with Gasteiger partial charge in [0.05, 0.1) is 23.0 Å². The Balaban J connectivity index is 1.76. The van der Waals surface area contributed by atoms with Gasteiger partial charge < -0.3 is 0 Å². The molecule has 0 spiro atoms. The number of nitrogens with zero attached hydrogens (tertiary/aromatic N) is 4. The highest BCUT2D eigenvalue weighted by Gasteiger charge is 2.38. The molecular formula is C22H26N4O3S2. The molecule has 0 N–H and O–H groups in total. The van der Waals surface area contributed by atoms with Crippen LogP contribution in [0.15, 0.2) is 42.7 Å². The second-order valence-electron chi connectivity index (χ2n) is 7.78. The molecule has 0 aliphatic carbocycles. The van der Waals surface area contributed by atoms with E-state index in [1.807, 2.05) is 30.3 Å². The molecule has 3 aromatic rings. The van der Waals surface area contributed by atoms with Gasteiger partial charge in [-0.15, -0.1) is 0 Å². The largest absolute Gasteiger partial charge is 0.282 e. The molecule has 1 aliphatic rings. The van der Waals surface area contributed by atoms with E-state index in [0.717, 1.165) is 40.6 Å². The monoisotopic (exact) mass is 458 g/mol. The van der Waals surface area contributed by atoms with Crippen molar-refractivity contribution in [3.63, 3.8) is 0 Å². The molecule has 1 fully saturated rings. The zero-order chi connectivity index (χ0) is 22.0. The highest BCUT2D eigenvalue weighted by molar-refractivity contribution is 7.88. The second kappa shape index (κ2) is 9.02. The van der Waals surface area contributed by atoms with E-state index in [1.165, 1.54) is 21.9 Å². The highest BCUT2D eigenvalue weighted by atomic mass is 32.2. The highest BCUT2D eigenvalue weighted by Crippen LogP contribution is 2.33. The smallest absolute Gasteiger partial charge is 0.247 e. The molecule has 3 heterocycles. The van der Waals surface area contributed by atoms with Crippen molar-refractivity contribution in [2.45, 2.75) is 45.2 Å². The Morgan fingerprint density at radius 1 is 1.26 bits per heavy atom. The van der Waals surface area contributed by atoms with Crippen LogP contribution in [0.25, 0.3) is 10.2 Å². The standard InChI is InChI=1S/C22H26N4O3S2/c1-3-17-9-6-11-19-20(17)24-22(30-19)25(15-16-8-7-12-23-14-16)21(27)18-10-4-5-13-26(18)31(2,28)29/h6-9,11-12,14,18H,3-5,10,13,15H2,1-2H3. The van der Waals surface area contributed by atoms with Crippen LogP contribution in [0.1, 0.15) is 37.3 Å². The zero-order valence-corrected chi connectivity index (χ0v) is 19.3. The van der Waals surface area contributed by atoms with Crippen molar-refractivity contribution in [3.8, 4) is 0 Å². The van der Waals surface area contributed by atoms with Crippen molar-refractivity contribution in [3.05, 3.63) is 53.9 Å². The van der Waals surface area contributed by atoms with E-state index in [9.17, 15) is 13.2 Å². The lowest BCUT2D eigenvalue weighted by Gasteiger charge is -2.35. The Morgan fingerprint density at radius 3 is 2.81 bits per heavy atom. The summed E-state index contributed by atoms with van der Waals surface area (Å²) in [5, 5.41) is 0.587. The third kappa shape index (κ3) is 4.63. The number of pyridine rings is 1. The fraction of sp³-hybridized carbons (Fsp3) is 0.409. The predicted molar refractivity (Wildman–Crippen MR) is 124 cm³/mol. The van der Waals surface area contributed by atoms with Crippen molar-refractivity contribution in [2.24, 2.45) is 0 Å². The van der Waals surface area contributed by atoms with Gasteiger partial charge in [-0.05, 0) is 42.5 Å². The number of benzene rings is 1. The lowest BCUT2D eigenvalue weighted by atomic mass is 10.0. The average Bonchev–Trinajstić information content (AvgIpc) is 3.21. The predicted octanol–water partition coefficient (Wildman–Crippen LogP) is 3.60. The Bertz CT molecular complexity index is 1180. The molecule has 0 saturated carbocycles. The van der Waals surface area contributed by atoms with Crippen molar-refractivity contribution in [2.75, 3.05) is 17.7 Å². The van der Waals surface area contributed by atoms with Gasteiger partial charge in [0.2, 0.25) is 15.9 Å². The molecule has 1 aliphatic heterocycles. The first-order chi connectivity index (χ1) is 14.9. The minimum Gasteiger partial charge on any atom is -0.282 e. The molecule has 1 aromatic carbocycles. The molecule has 1 amide bonds. The molecule has 1 atom stereocenters. The number of aryl methyl sites for hydroxylation is 1. The maximum atomic E-state index is 13.8. The van der Waals surface area contributed by atoms with Gasteiger partial charge in [-0.3, -0.25) is 14.7 Å². The van der Waals surface area contributed by atoms with Gasteiger partial charge in [0.1, 0.15) is 6.04 Å². The van der Waals surface area contributed by atoms with Crippen LogP contribution in [0.5, 0.6) is 0 Å². The van der Waals surface area contributed by atoms with E-state index in [4.69, 9.17) is 4.98 Å². The number of amides is 1. The average molecular weight is 459 g/mol. The third-order valence-corrected chi connectivity index (χ3v) is 7.93. The van der Waals surface area contributed by atoms with Crippen LogP contribution >= 0.6 is 11.3 Å². The van der Waals surface area contributed by atoms with Gasteiger partial charge in [0, 0.05) is 18.9 Å². The van der Waals surface area contributed by atoms with E-state index in [0.29, 0.717) is 24.6 Å². The number of hydrogen-bond donors (Lipinski definition) is 0. The SMILES string of the molecule is CCc1cccc2sc(N(Cc3cccnc3)C(=O)C3CCCCN3S(C)(=O)=O)nc12. The first-order valence-electron chi connectivity index (χ1n) is 10.4. The number of rotatable bonds is 6. The van der Waals surface area contributed by atoms with Crippen LogP contribution < -0.4 is 4.90 Å². The molecule has 0 bridgehead atoms. The van der Waals surface area contributed by atoms with Crippen LogP contribution in [-0.2, 0) is 27.8 Å². The normalized spacial score (nSPS) is 17.7. The minimum atomic E-state index is -3.49. The van der Waals surface area contributed by atoms with Gasteiger partial charge >= 0.3 is 0 Å². The van der Waals surface area contributed by atoms with Crippen LogP contribution in [0.4, 0.5) is 5.13 Å². The molecule has 9 heteroatoms. The fourth-order valence-electron chi connectivity index (χ4n) is 4.04. The Hall–Kier alpha value is -2.36. The van der Waals surface area contributed by atoms with E-state index in [1.54, 1.807) is 17.3 Å². The van der Waals surface area contributed by atoms with E-state index < -0.39 is 16.1 Å². The maximum absolute atomic E-state index is 13.8. The van der Waals surface area contributed by atoms with Gasteiger partial charge in [-0.1, -0.05) is 42.9 Å². The third-order valence-electron chi connectivity index (χ3n) is 5.60. The van der Waals surface area contributed by atoms with Crippen molar-refractivity contribution >= 4 is 42.6 Å². The van der Waals surface area contributed by atoms with Crippen LogP contribution in [0.3, 0.4) is 0 Å². The van der Waals surface area contributed by atoms with Crippen molar-refractivity contribution < 1.29 is 13.2 Å². The number of carbonyl (C=O) groups is 1. The summed E-state index contributed by atoms with van der Waals surface area (Å²) in [6.07, 6.45) is 7.54. The number of fused-ring (bicyclic) bond motifs is 1.